The molecule has 2 amide bonds. The molecule has 0 unspecified atom stereocenters. The zero-order valence-corrected chi connectivity index (χ0v) is 16.6. The maximum Gasteiger partial charge on any atom is 0.257 e. The van der Waals surface area contributed by atoms with Crippen LogP contribution in [-0.2, 0) is 4.74 Å². The first-order valence-electron chi connectivity index (χ1n) is 7.68. The van der Waals surface area contributed by atoms with Crippen molar-refractivity contribution in [1.29, 1.82) is 0 Å². The highest BCUT2D eigenvalue weighted by Crippen LogP contribution is 2.25. The number of hydrogen-bond acceptors (Lipinski definition) is 4. The van der Waals surface area contributed by atoms with E-state index in [1.54, 1.807) is 31.4 Å². The highest BCUT2D eigenvalue weighted by molar-refractivity contribution is 7.98. The van der Waals surface area contributed by atoms with Gasteiger partial charge in [-0.3, -0.25) is 9.59 Å². The van der Waals surface area contributed by atoms with E-state index in [4.69, 9.17) is 27.9 Å². The number of halogens is 2. The third-order valence-electron chi connectivity index (χ3n) is 3.48. The molecular formula is C18H18Cl2N2O3S. The van der Waals surface area contributed by atoms with Crippen molar-refractivity contribution in [2.75, 3.05) is 31.8 Å². The normalized spacial score (nSPS) is 10.5. The van der Waals surface area contributed by atoms with E-state index in [-0.39, 0.29) is 16.8 Å². The summed E-state index contributed by atoms with van der Waals surface area (Å²) in [5, 5.41) is 6.03. The number of rotatable bonds is 7. The van der Waals surface area contributed by atoms with Crippen molar-refractivity contribution in [2.24, 2.45) is 0 Å². The second-order valence-corrected chi connectivity index (χ2v) is 6.94. The number of thioether (sulfide) groups is 1. The van der Waals surface area contributed by atoms with Gasteiger partial charge in [-0.05, 0) is 42.7 Å². The van der Waals surface area contributed by atoms with Crippen LogP contribution in [0.3, 0.4) is 0 Å². The lowest BCUT2D eigenvalue weighted by Crippen LogP contribution is -2.27. The Morgan fingerprint density at radius 1 is 1.04 bits per heavy atom. The number of nitrogens with one attached hydrogen (secondary N) is 2. The van der Waals surface area contributed by atoms with Crippen LogP contribution in [0.5, 0.6) is 0 Å². The molecule has 0 spiro atoms. The van der Waals surface area contributed by atoms with Crippen LogP contribution in [0, 0.1) is 0 Å². The standard InChI is InChI=1S/C18H18Cl2N2O3S/c1-25-8-7-21-17(23)13-5-3-11(9-16(13)20)22-18(24)14-10-12(26-2)4-6-15(14)19/h3-6,9-10H,7-8H2,1-2H3,(H,21,23)(H,22,24). The minimum Gasteiger partial charge on any atom is -0.383 e. The van der Waals surface area contributed by atoms with E-state index in [1.165, 1.54) is 17.8 Å². The van der Waals surface area contributed by atoms with Crippen molar-refractivity contribution in [1.82, 2.24) is 5.32 Å². The molecule has 0 aliphatic carbocycles. The Morgan fingerprint density at radius 2 is 1.81 bits per heavy atom. The summed E-state index contributed by atoms with van der Waals surface area (Å²) in [5.74, 6) is -0.653. The fourth-order valence-corrected chi connectivity index (χ4v) is 3.05. The minimum absolute atomic E-state index is 0.238. The Hall–Kier alpha value is -1.73. The SMILES string of the molecule is COCCNC(=O)c1ccc(NC(=O)c2cc(SC)ccc2Cl)cc1Cl. The maximum absolute atomic E-state index is 12.5. The molecule has 0 aromatic heterocycles. The van der Waals surface area contributed by atoms with Crippen molar-refractivity contribution in [3.63, 3.8) is 0 Å². The fraction of sp³-hybridized carbons (Fsp3) is 0.222. The van der Waals surface area contributed by atoms with Gasteiger partial charge < -0.3 is 15.4 Å². The number of hydrogen-bond donors (Lipinski definition) is 2. The summed E-state index contributed by atoms with van der Waals surface area (Å²) in [7, 11) is 1.55. The van der Waals surface area contributed by atoms with Gasteiger partial charge in [0.2, 0.25) is 0 Å². The molecule has 138 valence electrons. The lowest BCUT2D eigenvalue weighted by molar-refractivity contribution is 0.0937. The first-order valence-corrected chi connectivity index (χ1v) is 9.66. The Labute approximate surface area is 166 Å². The van der Waals surface area contributed by atoms with Crippen LogP contribution in [0.25, 0.3) is 0 Å². The predicted octanol–water partition coefficient (Wildman–Crippen LogP) is 4.34. The van der Waals surface area contributed by atoms with E-state index < -0.39 is 0 Å². The van der Waals surface area contributed by atoms with E-state index in [0.717, 1.165) is 4.90 Å². The highest BCUT2D eigenvalue weighted by atomic mass is 35.5. The smallest absolute Gasteiger partial charge is 0.257 e. The van der Waals surface area contributed by atoms with Crippen LogP contribution in [0.2, 0.25) is 10.0 Å². The molecule has 2 rings (SSSR count). The van der Waals surface area contributed by atoms with Crippen LogP contribution >= 0.6 is 35.0 Å². The third-order valence-corrected chi connectivity index (χ3v) is 4.85. The molecule has 0 radical (unpaired) electrons. The van der Waals surface area contributed by atoms with E-state index in [9.17, 15) is 9.59 Å². The van der Waals surface area contributed by atoms with Gasteiger partial charge in [-0.1, -0.05) is 23.2 Å². The molecule has 0 bridgehead atoms. The highest BCUT2D eigenvalue weighted by Gasteiger charge is 2.14. The molecule has 2 N–H and O–H groups in total. The summed E-state index contributed by atoms with van der Waals surface area (Å²) < 4.78 is 4.88. The summed E-state index contributed by atoms with van der Waals surface area (Å²) in [4.78, 5) is 25.4. The summed E-state index contributed by atoms with van der Waals surface area (Å²) >= 11 is 13.8. The van der Waals surface area contributed by atoms with E-state index >= 15 is 0 Å². The average molecular weight is 413 g/mol. The van der Waals surface area contributed by atoms with E-state index in [2.05, 4.69) is 10.6 Å². The molecule has 2 aromatic carbocycles. The number of methoxy groups -OCH3 is 1. The van der Waals surface area contributed by atoms with Crippen LogP contribution in [-0.4, -0.2) is 38.3 Å². The Kier molecular flexibility index (Phi) is 7.78. The Morgan fingerprint density at radius 3 is 2.46 bits per heavy atom. The molecular weight excluding hydrogens is 395 g/mol. The average Bonchev–Trinajstić information content (AvgIpc) is 2.62. The molecule has 0 fully saturated rings. The molecule has 0 heterocycles. The lowest BCUT2D eigenvalue weighted by atomic mass is 10.1. The molecule has 0 saturated heterocycles. The first-order chi connectivity index (χ1) is 12.5. The molecule has 8 heteroatoms. The van der Waals surface area contributed by atoms with E-state index in [1.807, 2.05) is 12.3 Å². The monoisotopic (exact) mass is 412 g/mol. The zero-order chi connectivity index (χ0) is 19.1. The number of carbonyl (C=O) groups is 2. The van der Waals surface area contributed by atoms with Gasteiger partial charge in [0.15, 0.2) is 0 Å². The van der Waals surface area contributed by atoms with Crippen LogP contribution < -0.4 is 10.6 Å². The van der Waals surface area contributed by atoms with Gasteiger partial charge in [0, 0.05) is 24.2 Å². The van der Waals surface area contributed by atoms with Gasteiger partial charge in [-0.25, -0.2) is 0 Å². The van der Waals surface area contributed by atoms with Crippen molar-refractivity contribution in [2.45, 2.75) is 4.90 Å². The summed E-state index contributed by atoms with van der Waals surface area (Å²) in [6.07, 6.45) is 1.92. The molecule has 0 saturated carbocycles. The maximum atomic E-state index is 12.5. The van der Waals surface area contributed by atoms with Gasteiger partial charge >= 0.3 is 0 Å². The van der Waals surface area contributed by atoms with Gasteiger partial charge in [0.1, 0.15) is 0 Å². The van der Waals surface area contributed by atoms with Gasteiger partial charge in [0.05, 0.1) is 27.8 Å². The number of carbonyl (C=O) groups excluding carboxylic acids is 2. The Balaban J connectivity index is 2.12. The molecule has 26 heavy (non-hydrogen) atoms. The number of ether oxygens (including phenoxy) is 1. The van der Waals surface area contributed by atoms with Gasteiger partial charge in [0.25, 0.3) is 11.8 Å². The third kappa shape index (κ3) is 5.38. The summed E-state index contributed by atoms with van der Waals surface area (Å²) in [6, 6.07) is 9.94. The quantitative estimate of drug-likeness (QED) is 0.524. The fourth-order valence-electron chi connectivity index (χ4n) is 2.14. The van der Waals surface area contributed by atoms with Crippen molar-refractivity contribution < 1.29 is 14.3 Å². The first kappa shape index (κ1) is 20.6. The minimum atomic E-state index is -0.348. The molecule has 0 aliphatic heterocycles. The van der Waals surface area contributed by atoms with E-state index in [0.29, 0.717) is 35.0 Å². The predicted molar refractivity (Wildman–Crippen MR) is 107 cm³/mol. The number of amides is 2. The second-order valence-electron chi connectivity index (χ2n) is 5.24. The summed E-state index contributed by atoms with van der Waals surface area (Å²) in [5.41, 5.74) is 1.17. The number of anilines is 1. The second kappa shape index (κ2) is 9.83. The lowest BCUT2D eigenvalue weighted by Gasteiger charge is -2.10. The van der Waals surface area contributed by atoms with Crippen molar-refractivity contribution in [3.05, 3.63) is 57.6 Å². The zero-order valence-electron chi connectivity index (χ0n) is 14.3. The number of benzene rings is 2. The molecule has 0 aliphatic rings. The van der Waals surface area contributed by atoms with Crippen LogP contribution in [0.15, 0.2) is 41.3 Å². The molecule has 0 atom stereocenters. The topological polar surface area (TPSA) is 67.4 Å². The van der Waals surface area contributed by atoms with Gasteiger partial charge in [-0.15, -0.1) is 11.8 Å². The van der Waals surface area contributed by atoms with Crippen LogP contribution in [0.4, 0.5) is 5.69 Å². The largest absolute Gasteiger partial charge is 0.383 e. The molecule has 5 nitrogen and oxygen atoms in total. The van der Waals surface area contributed by atoms with Crippen LogP contribution in [0.1, 0.15) is 20.7 Å². The van der Waals surface area contributed by atoms with Gasteiger partial charge in [-0.2, -0.15) is 0 Å². The Bertz CT molecular complexity index is 815. The molecule has 2 aromatic rings. The van der Waals surface area contributed by atoms with Crippen molar-refractivity contribution in [3.8, 4) is 0 Å². The van der Waals surface area contributed by atoms with Crippen molar-refractivity contribution >= 4 is 52.5 Å². The summed E-state index contributed by atoms with van der Waals surface area (Å²) in [6.45, 7) is 0.793.